The fourth-order valence-corrected chi connectivity index (χ4v) is 4.67. The second-order valence-electron chi connectivity index (χ2n) is 10.3. The molecule has 0 unspecified atom stereocenters. The minimum Gasteiger partial charge on any atom is -0.384 e. The molecule has 0 spiro atoms. The molecule has 8 nitrogen and oxygen atoms in total. The van der Waals surface area contributed by atoms with Crippen LogP contribution in [0.15, 0.2) is 79.0 Å². The van der Waals surface area contributed by atoms with Crippen molar-refractivity contribution in [3.8, 4) is 0 Å². The number of aromatic nitrogens is 4. The van der Waals surface area contributed by atoms with E-state index in [-0.39, 0.29) is 0 Å². The first-order valence-corrected chi connectivity index (χ1v) is 14.3. The van der Waals surface area contributed by atoms with Crippen LogP contribution in [-0.4, -0.2) is 33.0 Å². The lowest BCUT2D eigenvalue weighted by molar-refractivity contribution is 0.669. The Hall–Kier alpha value is -4.72. The predicted octanol–water partition coefficient (Wildman–Crippen LogP) is 7.92. The summed E-state index contributed by atoms with van der Waals surface area (Å²) in [7, 11) is 0. The molecule has 210 valence electrons. The lowest BCUT2D eigenvalue weighted by Gasteiger charge is -2.13. The summed E-state index contributed by atoms with van der Waals surface area (Å²) in [6.07, 6.45) is 6.29. The number of hydrogen-bond donors (Lipinski definition) is 4. The first-order valence-electron chi connectivity index (χ1n) is 14.3. The minimum atomic E-state index is 0.498. The highest BCUT2D eigenvalue weighted by molar-refractivity contribution is 5.91. The number of nitrogens with one attached hydrogen (secondary N) is 4. The number of anilines is 6. The summed E-state index contributed by atoms with van der Waals surface area (Å²) in [6.45, 7) is 7.95. The van der Waals surface area contributed by atoms with Gasteiger partial charge in [-0.2, -0.15) is 15.0 Å². The summed E-state index contributed by atoms with van der Waals surface area (Å²) >= 11 is 0. The van der Waals surface area contributed by atoms with Crippen LogP contribution in [0.1, 0.15) is 42.4 Å². The van der Waals surface area contributed by atoms with Crippen LogP contribution in [0.25, 0.3) is 10.9 Å². The Morgan fingerprint density at radius 1 is 0.561 bits per heavy atom. The number of hydrogen-bond acceptors (Lipinski definition) is 8. The molecule has 41 heavy (non-hydrogen) atoms. The normalized spacial score (nSPS) is 10.9. The summed E-state index contributed by atoms with van der Waals surface area (Å²) in [4.78, 5) is 18.4. The van der Waals surface area contributed by atoms with Crippen molar-refractivity contribution in [2.45, 2.75) is 46.5 Å². The molecular weight excluding hydrogens is 508 g/mol. The second kappa shape index (κ2) is 13.6. The Morgan fingerprint density at radius 2 is 1.15 bits per heavy atom. The molecule has 2 heterocycles. The van der Waals surface area contributed by atoms with Gasteiger partial charge in [0.25, 0.3) is 0 Å². The van der Waals surface area contributed by atoms with Gasteiger partial charge in [0.15, 0.2) is 0 Å². The van der Waals surface area contributed by atoms with Gasteiger partial charge < -0.3 is 21.3 Å². The fourth-order valence-electron chi connectivity index (χ4n) is 4.67. The van der Waals surface area contributed by atoms with Crippen LogP contribution in [0.3, 0.4) is 0 Å². The summed E-state index contributed by atoms with van der Waals surface area (Å²) in [6, 6.07) is 24.7. The standard InChI is InChI=1S/C33H38N8/c1-23-16-17-26-29(18-21-35-30(26)22-23)34-19-10-4-5-11-20-36-31-39-32(37-27-14-8-6-12-24(27)2)41-33(40-31)38-28-15-9-7-13-25(28)3/h6-9,12-18,21-22H,4-5,10-11,19-20H2,1-3H3,(H,34,35)(H3,36,37,38,39,40,41). The Balaban J connectivity index is 1.13. The second-order valence-corrected chi connectivity index (χ2v) is 10.3. The van der Waals surface area contributed by atoms with Gasteiger partial charge in [0.05, 0.1) is 5.52 Å². The summed E-state index contributed by atoms with van der Waals surface area (Å²) < 4.78 is 0. The molecule has 5 rings (SSSR count). The molecule has 0 aliphatic heterocycles. The maximum atomic E-state index is 4.65. The van der Waals surface area contributed by atoms with E-state index in [2.05, 4.69) is 98.4 Å². The zero-order valence-corrected chi connectivity index (χ0v) is 24.0. The van der Waals surface area contributed by atoms with Gasteiger partial charge in [0.1, 0.15) is 0 Å². The third-order valence-corrected chi connectivity index (χ3v) is 7.02. The number of rotatable bonds is 13. The van der Waals surface area contributed by atoms with Crippen LogP contribution in [0.4, 0.5) is 34.9 Å². The van der Waals surface area contributed by atoms with Gasteiger partial charge in [-0.3, -0.25) is 4.98 Å². The van der Waals surface area contributed by atoms with E-state index in [0.717, 1.165) is 72.5 Å². The molecule has 0 atom stereocenters. The number of pyridine rings is 1. The van der Waals surface area contributed by atoms with E-state index in [1.807, 2.05) is 42.6 Å². The van der Waals surface area contributed by atoms with E-state index >= 15 is 0 Å². The molecule has 0 aliphatic carbocycles. The van der Waals surface area contributed by atoms with Gasteiger partial charge in [-0.05, 0) is 74.6 Å². The summed E-state index contributed by atoms with van der Waals surface area (Å²) in [5, 5.41) is 14.9. The van der Waals surface area contributed by atoms with Gasteiger partial charge >= 0.3 is 0 Å². The maximum Gasteiger partial charge on any atom is 0.233 e. The number of aryl methyl sites for hydroxylation is 3. The number of para-hydroxylation sites is 2. The molecule has 0 fully saturated rings. The van der Waals surface area contributed by atoms with Crippen molar-refractivity contribution in [3.63, 3.8) is 0 Å². The first-order chi connectivity index (χ1) is 20.0. The molecule has 5 aromatic rings. The Labute approximate surface area is 242 Å². The third-order valence-electron chi connectivity index (χ3n) is 7.02. The van der Waals surface area contributed by atoms with E-state index in [4.69, 9.17) is 0 Å². The van der Waals surface area contributed by atoms with Crippen molar-refractivity contribution in [2.75, 3.05) is 34.4 Å². The molecule has 0 radical (unpaired) electrons. The molecule has 0 bridgehead atoms. The maximum absolute atomic E-state index is 4.65. The lowest BCUT2D eigenvalue weighted by atomic mass is 10.1. The Morgan fingerprint density at radius 3 is 1.78 bits per heavy atom. The largest absolute Gasteiger partial charge is 0.384 e. The van der Waals surface area contributed by atoms with Gasteiger partial charge in [-0.25, -0.2) is 0 Å². The van der Waals surface area contributed by atoms with Crippen molar-refractivity contribution in [3.05, 3.63) is 95.7 Å². The van der Waals surface area contributed by atoms with E-state index in [1.54, 1.807) is 0 Å². The summed E-state index contributed by atoms with van der Waals surface area (Å²) in [5.74, 6) is 1.55. The summed E-state index contributed by atoms with van der Waals surface area (Å²) in [5.41, 5.74) is 7.59. The quantitative estimate of drug-likeness (QED) is 0.111. The molecule has 0 amide bonds. The van der Waals surface area contributed by atoms with Crippen LogP contribution in [-0.2, 0) is 0 Å². The van der Waals surface area contributed by atoms with E-state index in [1.165, 1.54) is 10.9 Å². The van der Waals surface area contributed by atoms with E-state index in [0.29, 0.717) is 17.8 Å². The smallest absolute Gasteiger partial charge is 0.233 e. The number of nitrogens with zero attached hydrogens (tertiary/aromatic N) is 4. The highest BCUT2D eigenvalue weighted by Crippen LogP contribution is 2.24. The monoisotopic (exact) mass is 546 g/mol. The average molecular weight is 547 g/mol. The minimum absolute atomic E-state index is 0.498. The van der Waals surface area contributed by atoms with Crippen molar-refractivity contribution in [1.82, 2.24) is 19.9 Å². The predicted molar refractivity (Wildman–Crippen MR) is 171 cm³/mol. The van der Waals surface area contributed by atoms with Gasteiger partial charge in [-0.15, -0.1) is 0 Å². The molecule has 2 aromatic heterocycles. The van der Waals surface area contributed by atoms with Crippen LogP contribution in [0, 0.1) is 20.8 Å². The zero-order valence-electron chi connectivity index (χ0n) is 24.0. The van der Waals surface area contributed by atoms with E-state index in [9.17, 15) is 0 Å². The zero-order chi connectivity index (χ0) is 28.4. The average Bonchev–Trinajstić information content (AvgIpc) is 2.97. The number of fused-ring (bicyclic) bond motifs is 1. The third kappa shape index (κ3) is 7.69. The number of benzene rings is 3. The molecule has 0 aliphatic rings. The van der Waals surface area contributed by atoms with Gasteiger partial charge in [0.2, 0.25) is 17.8 Å². The van der Waals surface area contributed by atoms with Crippen molar-refractivity contribution >= 4 is 45.8 Å². The van der Waals surface area contributed by atoms with Gasteiger partial charge in [-0.1, -0.05) is 61.4 Å². The SMILES string of the molecule is Cc1ccc2c(NCCCCCCNc3nc(Nc4ccccc4C)nc(Nc4ccccc4C)n3)ccnc2c1. The van der Waals surface area contributed by atoms with Crippen molar-refractivity contribution < 1.29 is 0 Å². The molecule has 8 heteroatoms. The van der Waals surface area contributed by atoms with Gasteiger partial charge in [0, 0.05) is 41.7 Å². The molecule has 0 saturated heterocycles. The lowest BCUT2D eigenvalue weighted by Crippen LogP contribution is -2.11. The Bertz CT molecular complexity index is 1530. The van der Waals surface area contributed by atoms with Crippen molar-refractivity contribution in [1.29, 1.82) is 0 Å². The van der Waals surface area contributed by atoms with Crippen LogP contribution < -0.4 is 21.3 Å². The van der Waals surface area contributed by atoms with Crippen LogP contribution >= 0.6 is 0 Å². The van der Waals surface area contributed by atoms with Crippen LogP contribution in [0.2, 0.25) is 0 Å². The van der Waals surface area contributed by atoms with E-state index < -0.39 is 0 Å². The Kier molecular flexibility index (Phi) is 9.21. The molecule has 0 saturated carbocycles. The topological polar surface area (TPSA) is 99.7 Å². The van der Waals surface area contributed by atoms with Crippen molar-refractivity contribution in [2.24, 2.45) is 0 Å². The first kappa shape index (κ1) is 27.8. The highest BCUT2D eigenvalue weighted by Gasteiger charge is 2.10. The van der Waals surface area contributed by atoms with Crippen LogP contribution in [0.5, 0.6) is 0 Å². The molecule has 3 aromatic carbocycles. The fraction of sp³-hybridized carbons (Fsp3) is 0.273. The number of unbranched alkanes of at least 4 members (excludes halogenated alkanes) is 3. The molecule has 4 N–H and O–H groups in total. The molecular formula is C33H38N8. The highest BCUT2D eigenvalue weighted by atomic mass is 15.3.